The zero-order valence-corrected chi connectivity index (χ0v) is 11.7. The number of H-pyrrole nitrogens is 1. The number of para-hydroxylation sites is 1. The number of aromatic nitrogens is 1. The van der Waals surface area contributed by atoms with Crippen molar-refractivity contribution >= 4 is 16.9 Å². The molecule has 1 heterocycles. The zero-order valence-electron chi connectivity index (χ0n) is 11.7. The minimum atomic E-state index is -0.956. The van der Waals surface area contributed by atoms with Crippen LogP contribution in [0.2, 0.25) is 0 Å². The van der Waals surface area contributed by atoms with Crippen molar-refractivity contribution in [2.24, 2.45) is 5.73 Å². The second-order valence-electron chi connectivity index (χ2n) is 5.17. The Morgan fingerprint density at radius 1 is 1.18 bits per heavy atom. The van der Waals surface area contributed by atoms with Gasteiger partial charge in [0.15, 0.2) is 0 Å². The molecule has 3 aromatic rings. The van der Waals surface area contributed by atoms with E-state index in [1.54, 1.807) is 12.1 Å². The van der Waals surface area contributed by atoms with Gasteiger partial charge in [-0.1, -0.05) is 18.2 Å². The Balaban J connectivity index is 2.20. The second kappa shape index (κ2) is 5.61. The quantitative estimate of drug-likeness (QED) is 0.690. The van der Waals surface area contributed by atoms with Crippen LogP contribution in [0.25, 0.3) is 22.2 Å². The third-order valence-corrected chi connectivity index (χ3v) is 3.64. The average molecular weight is 298 g/mol. The number of nitrogens with one attached hydrogen (secondary N) is 1. The first-order chi connectivity index (χ1) is 10.6. The fraction of sp³-hybridized carbons (Fsp3) is 0.118. The van der Waals surface area contributed by atoms with Crippen LogP contribution in [0.4, 0.5) is 4.39 Å². The molecule has 112 valence electrons. The number of carboxylic acid groups (broad SMARTS) is 1. The van der Waals surface area contributed by atoms with E-state index in [4.69, 9.17) is 10.8 Å². The van der Waals surface area contributed by atoms with Crippen molar-refractivity contribution in [3.8, 4) is 11.3 Å². The molecule has 1 unspecified atom stereocenters. The van der Waals surface area contributed by atoms with Gasteiger partial charge in [-0.25, -0.2) is 4.39 Å². The largest absolute Gasteiger partial charge is 0.481 e. The van der Waals surface area contributed by atoms with E-state index in [1.807, 2.05) is 24.3 Å². The number of hydrogen-bond donors (Lipinski definition) is 3. The van der Waals surface area contributed by atoms with Gasteiger partial charge in [-0.3, -0.25) is 4.79 Å². The molecule has 0 saturated heterocycles. The highest BCUT2D eigenvalue weighted by Crippen LogP contribution is 2.35. The number of fused-ring (bicyclic) bond motifs is 1. The van der Waals surface area contributed by atoms with E-state index in [1.165, 1.54) is 12.1 Å². The molecule has 4 N–H and O–H groups in total. The lowest BCUT2D eigenvalue weighted by atomic mass is 9.97. The third kappa shape index (κ3) is 2.58. The second-order valence-corrected chi connectivity index (χ2v) is 5.17. The van der Waals surface area contributed by atoms with Crippen molar-refractivity contribution < 1.29 is 14.3 Å². The van der Waals surface area contributed by atoms with Crippen molar-refractivity contribution in [3.63, 3.8) is 0 Å². The lowest BCUT2D eigenvalue weighted by Crippen LogP contribution is -2.15. The Morgan fingerprint density at radius 3 is 2.55 bits per heavy atom. The van der Waals surface area contributed by atoms with Gasteiger partial charge in [-0.05, 0) is 35.9 Å². The maximum atomic E-state index is 13.1. The van der Waals surface area contributed by atoms with Crippen molar-refractivity contribution in [1.29, 1.82) is 0 Å². The summed E-state index contributed by atoms with van der Waals surface area (Å²) in [6, 6.07) is 13.0. The monoisotopic (exact) mass is 298 g/mol. The summed E-state index contributed by atoms with van der Waals surface area (Å²) in [5.41, 5.74) is 9.22. The molecular formula is C17H15FN2O2. The van der Waals surface area contributed by atoms with Crippen LogP contribution in [0.5, 0.6) is 0 Å². The van der Waals surface area contributed by atoms with E-state index >= 15 is 0 Å². The van der Waals surface area contributed by atoms with Gasteiger partial charge >= 0.3 is 5.97 Å². The van der Waals surface area contributed by atoms with Crippen molar-refractivity contribution in [3.05, 3.63) is 59.9 Å². The number of halogens is 1. The molecule has 22 heavy (non-hydrogen) atoms. The summed E-state index contributed by atoms with van der Waals surface area (Å²) in [4.78, 5) is 14.3. The molecule has 0 radical (unpaired) electrons. The van der Waals surface area contributed by atoms with Crippen LogP contribution in [0.1, 0.15) is 18.0 Å². The number of aliphatic carboxylic acids is 1. The molecule has 3 rings (SSSR count). The standard InChI is InChI=1S/C17H15FN2O2/c18-11-7-5-10(6-8-11)17-16(13(19)9-15(21)22)12-3-1-2-4-14(12)20-17/h1-8,13,20H,9,19H2,(H,21,22). The van der Waals surface area contributed by atoms with Crippen LogP contribution in [-0.2, 0) is 4.79 Å². The Morgan fingerprint density at radius 2 is 1.86 bits per heavy atom. The number of hydrogen-bond acceptors (Lipinski definition) is 2. The van der Waals surface area contributed by atoms with Gasteiger partial charge in [-0.15, -0.1) is 0 Å². The van der Waals surface area contributed by atoms with Crippen molar-refractivity contribution in [2.75, 3.05) is 0 Å². The van der Waals surface area contributed by atoms with E-state index in [2.05, 4.69) is 4.98 Å². The molecule has 1 atom stereocenters. The van der Waals surface area contributed by atoms with Gasteiger partial charge < -0.3 is 15.8 Å². The Bertz CT molecular complexity index is 824. The molecule has 5 heteroatoms. The molecule has 0 aliphatic rings. The van der Waals surface area contributed by atoms with Crippen LogP contribution in [0.3, 0.4) is 0 Å². The molecule has 0 fully saturated rings. The smallest absolute Gasteiger partial charge is 0.305 e. The number of benzene rings is 2. The molecule has 0 saturated carbocycles. The van der Waals surface area contributed by atoms with Gasteiger partial charge in [0, 0.05) is 22.5 Å². The average Bonchev–Trinajstić information content (AvgIpc) is 2.86. The molecule has 0 spiro atoms. The van der Waals surface area contributed by atoms with E-state index in [0.717, 1.165) is 27.7 Å². The van der Waals surface area contributed by atoms with E-state index in [-0.39, 0.29) is 12.2 Å². The molecular weight excluding hydrogens is 283 g/mol. The van der Waals surface area contributed by atoms with Crippen molar-refractivity contribution in [1.82, 2.24) is 4.98 Å². The summed E-state index contributed by atoms with van der Waals surface area (Å²) >= 11 is 0. The summed E-state index contributed by atoms with van der Waals surface area (Å²) in [6.07, 6.45) is -0.171. The molecule has 0 aliphatic heterocycles. The van der Waals surface area contributed by atoms with E-state index in [9.17, 15) is 9.18 Å². The van der Waals surface area contributed by atoms with E-state index in [0.29, 0.717) is 0 Å². The SMILES string of the molecule is NC(CC(=O)O)c1c(-c2ccc(F)cc2)[nH]c2ccccc12. The fourth-order valence-electron chi connectivity index (χ4n) is 2.68. The molecule has 2 aromatic carbocycles. The summed E-state index contributed by atoms with van der Waals surface area (Å²) in [5.74, 6) is -1.28. The number of carboxylic acids is 1. The summed E-state index contributed by atoms with van der Waals surface area (Å²) in [6.45, 7) is 0. The number of nitrogens with two attached hydrogens (primary N) is 1. The van der Waals surface area contributed by atoms with Gasteiger partial charge in [-0.2, -0.15) is 0 Å². The summed E-state index contributed by atoms with van der Waals surface area (Å²) in [5, 5.41) is 9.90. The Kier molecular flexibility index (Phi) is 3.65. The highest BCUT2D eigenvalue weighted by Gasteiger charge is 2.20. The predicted molar refractivity (Wildman–Crippen MR) is 82.9 cm³/mol. The minimum absolute atomic E-state index is 0.171. The normalized spacial score (nSPS) is 12.5. The molecule has 0 aliphatic carbocycles. The number of aromatic amines is 1. The van der Waals surface area contributed by atoms with Crippen LogP contribution in [0.15, 0.2) is 48.5 Å². The molecule has 0 amide bonds. The van der Waals surface area contributed by atoms with E-state index < -0.39 is 12.0 Å². The highest BCUT2D eigenvalue weighted by molar-refractivity contribution is 5.91. The van der Waals surface area contributed by atoms with Gasteiger partial charge in [0.1, 0.15) is 5.82 Å². The van der Waals surface area contributed by atoms with Gasteiger partial charge in [0.05, 0.1) is 12.1 Å². The third-order valence-electron chi connectivity index (χ3n) is 3.64. The van der Waals surface area contributed by atoms with Crippen molar-refractivity contribution in [2.45, 2.75) is 12.5 Å². The lowest BCUT2D eigenvalue weighted by Gasteiger charge is -2.12. The first kappa shape index (κ1) is 14.3. The number of rotatable bonds is 4. The maximum absolute atomic E-state index is 13.1. The fourth-order valence-corrected chi connectivity index (χ4v) is 2.68. The molecule has 1 aromatic heterocycles. The summed E-state index contributed by atoms with van der Waals surface area (Å²) < 4.78 is 13.1. The van der Waals surface area contributed by atoms with Crippen LogP contribution < -0.4 is 5.73 Å². The minimum Gasteiger partial charge on any atom is -0.481 e. The topological polar surface area (TPSA) is 79.1 Å². The highest BCUT2D eigenvalue weighted by atomic mass is 19.1. The Hall–Kier alpha value is -2.66. The zero-order chi connectivity index (χ0) is 15.7. The lowest BCUT2D eigenvalue weighted by molar-refractivity contribution is -0.137. The first-order valence-electron chi connectivity index (χ1n) is 6.90. The molecule has 4 nitrogen and oxygen atoms in total. The Labute approximate surface area is 126 Å². The maximum Gasteiger partial charge on any atom is 0.305 e. The first-order valence-corrected chi connectivity index (χ1v) is 6.90. The van der Waals surface area contributed by atoms with Gasteiger partial charge in [0.25, 0.3) is 0 Å². The number of carbonyl (C=O) groups is 1. The predicted octanol–water partition coefficient (Wildman–Crippen LogP) is 3.45. The molecule has 0 bridgehead atoms. The van der Waals surface area contributed by atoms with Crippen LogP contribution in [0, 0.1) is 5.82 Å². The van der Waals surface area contributed by atoms with Gasteiger partial charge in [0.2, 0.25) is 0 Å². The van der Waals surface area contributed by atoms with Crippen LogP contribution >= 0.6 is 0 Å². The van der Waals surface area contributed by atoms with Crippen LogP contribution in [-0.4, -0.2) is 16.1 Å². The summed E-state index contributed by atoms with van der Waals surface area (Å²) in [7, 11) is 0.